The maximum Gasteiger partial charge on any atom is 0.271 e. The third kappa shape index (κ3) is 3.06. The molecule has 116 valence electrons. The molecule has 0 saturated carbocycles. The molecular formula is C15H16ClFN4O. The van der Waals surface area contributed by atoms with Gasteiger partial charge in [0.15, 0.2) is 0 Å². The van der Waals surface area contributed by atoms with Crippen molar-refractivity contribution in [3.8, 4) is 0 Å². The minimum absolute atomic E-state index is 0.0401. The monoisotopic (exact) mass is 322 g/mol. The third-order valence-corrected chi connectivity index (χ3v) is 4.02. The van der Waals surface area contributed by atoms with E-state index in [2.05, 4.69) is 15.2 Å². The zero-order valence-electron chi connectivity index (χ0n) is 12.1. The van der Waals surface area contributed by atoms with Gasteiger partial charge in [0.2, 0.25) is 0 Å². The van der Waals surface area contributed by atoms with Gasteiger partial charge in [0, 0.05) is 38.1 Å². The van der Waals surface area contributed by atoms with E-state index in [0.29, 0.717) is 12.2 Å². The Bertz CT molecular complexity index is 703. The first-order chi connectivity index (χ1) is 10.5. The van der Waals surface area contributed by atoms with E-state index in [9.17, 15) is 9.18 Å². The Labute approximate surface area is 132 Å². The summed E-state index contributed by atoms with van der Waals surface area (Å²) in [5.74, 6) is -0.603. The average Bonchev–Trinajstić information content (AvgIpc) is 3.11. The van der Waals surface area contributed by atoms with Crippen LogP contribution < -0.4 is 10.2 Å². The van der Waals surface area contributed by atoms with Crippen molar-refractivity contribution in [3.05, 3.63) is 47.3 Å². The van der Waals surface area contributed by atoms with Gasteiger partial charge in [0.25, 0.3) is 5.91 Å². The van der Waals surface area contributed by atoms with E-state index in [1.807, 2.05) is 7.05 Å². The van der Waals surface area contributed by atoms with Gasteiger partial charge in [-0.2, -0.15) is 0 Å². The summed E-state index contributed by atoms with van der Waals surface area (Å²) in [6.45, 7) is 1.45. The molecule has 1 aromatic heterocycles. The summed E-state index contributed by atoms with van der Waals surface area (Å²) < 4.78 is 14.9. The number of nitrogens with zero attached hydrogens (tertiary/aromatic N) is 3. The predicted molar refractivity (Wildman–Crippen MR) is 82.7 cm³/mol. The molecule has 5 nitrogen and oxygen atoms in total. The number of benzene rings is 1. The lowest BCUT2D eigenvalue weighted by Gasteiger charge is -2.19. The van der Waals surface area contributed by atoms with Gasteiger partial charge < -0.3 is 14.8 Å². The number of hydrogen-bond acceptors (Lipinski definition) is 3. The van der Waals surface area contributed by atoms with Crippen molar-refractivity contribution in [1.82, 2.24) is 14.9 Å². The highest BCUT2D eigenvalue weighted by molar-refractivity contribution is 6.31. The molecule has 0 unspecified atom stereocenters. The number of imidazole rings is 1. The van der Waals surface area contributed by atoms with Crippen LogP contribution >= 0.6 is 11.6 Å². The van der Waals surface area contributed by atoms with Gasteiger partial charge in [0.05, 0.1) is 11.3 Å². The Hall–Kier alpha value is -2.08. The van der Waals surface area contributed by atoms with Gasteiger partial charge in [-0.25, -0.2) is 9.37 Å². The van der Waals surface area contributed by atoms with Crippen LogP contribution in [0.2, 0.25) is 5.02 Å². The lowest BCUT2D eigenvalue weighted by molar-refractivity contribution is 0.0935. The Morgan fingerprint density at radius 3 is 3.00 bits per heavy atom. The van der Waals surface area contributed by atoms with Crippen LogP contribution in [0.1, 0.15) is 16.9 Å². The van der Waals surface area contributed by atoms with Crippen LogP contribution in [0, 0.1) is 5.82 Å². The number of carbonyl (C=O) groups excluding carboxylic acids is 1. The highest BCUT2D eigenvalue weighted by Gasteiger charge is 2.25. The first-order valence-corrected chi connectivity index (χ1v) is 7.39. The lowest BCUT2D eigenvalue weighted by atomic mass is 10.2. The highest BCUT2D eigenvalue weighted by Crippen LogP contribution is 2.25. The number of anilines is 1. The van der Waals surface area contributed by atoms with Crippen LogP contribution in [0.3, 0.4) is 0 Å². The summed E-state index contributed by atoms with van der Waals surface area (Å²) in [6, 6.07) is 4.71. The SMILES string of the molecule is Cn1cnc(C(=O)N[C@H]2CCN(c3ccc(F)c(Cl)c3)C2)c1. The van der Waals surface area contributed by atoms with Crippen molar-refractivity contribution in [2.45, 2.75) is 12.5 Å². The van der Waals surface area contributed by atoms with E-state index in [0.717, 1.165) is 18.7 Å². The van der Waals surface area contributed by atoms with Crippen LogP contribution in [0.25, 0.3) is 0 Å². The molecule has 1 aliphatic heterocycles. The number of aryl methyl sites for hydroxylation is 1. The van der Waals surface area contributed by atoms with Crippen LogP contribution in [-0.4, -0.2) is 34.6 Å². The molecule has 1 fully saturated rings. The molecule has 1 amide bonds. The first kappa shape index (κ1) is 14.8. The summed E-state index contributed by atoms with van der Waals surface area (Å²) in [7, 11) is 1.82. The van der Waals surface area contributed by atoms with Crippen molar-refractivity contribution in [2.75, 3.05) is 18.0 Å². The van der Waals surface area contributed by atoms with E-state index >= 15 is 0 Å². The standard InChI is InChI=1S/C15H16ClFN4O/c1-20-8-14(18-9-20)15(22)19-10-4-5-21(7-10)11-2-3-13(17)12(16)6-11/h2-3,6,8-10H,4-5,7H2,1H3,(H,19,22)/t10-/m0/s1. The summed E-state index contributed by atoms with van der Waals surface area (Å²) in [5.41, 5.74) is 1.27. The molecule has 1 atom stereocenters. The topological polar surface area (TPSA) is 50.2 Å². The molecule has 7 heteroatoms. The number of rotatable bonds is 3. The number of halogens is 2. The Balaban J connectivity index is 1.62. The van der Waals surface area contributed by atoms with Crippen molar-refractivity contribution < 1.29 is 9.18 Å². The Morgan fingerprint density at radius 1 is 1.50 bits per heavy atom. The van der Waals surface area contributed by atoms with Crippen LogP contribution in [0.15, 0.2) is 30.7 Å². The quantitative estimate of drug-likeness (QED) is 0.942. The summed E-state index contributed by atoms with van der Waals surface area (Å²) >= 11 is 5.81. The summed E-state index contributed by atoms with van der Waals surface area (Å²) in [5, 5.41) is 3.08. The van der Waals surface area contributed by atoms with E-state index in [-0.39, 0.29) is 17.0 Å². The highest BCUT2D eigenvalue weighted by atomic mass is 35.5. The fraction of sp³-hybridized carbons (Fsp3) is 0.333. The second-order valence-corrected chi connectivity index (χ2v) is 5.84. The van der Waals surface area contributed by atoms with E-state index < -0.39 is 5.82 Å². The van der Waals surface area contributed by atoms with Gasteiger partial charge >= 0.3 is 0 Å². The molecule has 1 aliphatic rings. The van der Waals surface area contributed by atoms with Crippen LogP contribution in [-0.2, 0) is 7.05 Å². The minimum Gasteiger partial charge on any atom is -0.369 e. The average molecular weight is 323 g/mol. The van der Waals surface area contributed by atoms with Gasteiger partial charge in [-0.1, -0.05) is 11.6 Å². The predicted octanol–water partition coefficient (Wildman–Crippen LogP) is 2.22. The smallest absolute Gasteiger partial charge is 0.271 e. The van der Waals surface area contributed by atoms with E-state index in [1.54, 1.807) is 29.2 Å². The molecule has 0 bridgehead atoms. The van der Waals surface area contributed by atoms with E-state index in [4.69, 9.17) is 11.6 Å². The third-order valence-electron chi connectivity index (χ3n) is 3.73. The van der Waals surface area contributed by atoms with E-state index in [1.165, 1.54) is 6.07 Å². The molecule has 3 rings (SSSR count). The molecule has 1 saturated heterocycles. The zero-order chi connectivity index (χ0) is 15.7. The zero-order valence-corrected chi connectivity index (χ0v) is 12.8. The second-order valence-electron chi connectivity index (χ2n) is 5.43. The van der Waals surface area contributed by atoms with Gasteiger partial charge in [0.1, 0.15) is 11.5 Å². The molecule has 1 aromatic carbocycles. The lowest BCUT2D eigenvalue weighted by Crippen LogP contribution is -2.37. The van der Waals surface area contributed by atoms with Crippen molar-refractivity contribution in [2.24, 2.45) is 7.05 Å². The maximum atomic E-state index is 13.2. The Morgan fingerprint density at radius 2 is 2.32 bits per heavy atom. The molecule has 2 heterocycles. The number of aromatic nitrogens is 2. The molecule has 1 N–H and O–H groups in total. The number of carbonyl (C=O) groups is 1. The molecule has 22 heavy (non-hydrogen) atoms. The normalized spacial score (nSPS) is 17.8. The van der Waals surface area contributed by atoms with Gasteiger partial charge in [-0.05, 0) is 24.6 Å². The molecule has 0 spiro atoms. The minimum atomic E-state index is -0.426. The van der Waals surface area contributed by atoms with Crippen molar-refractivity contribution in [1.29, 1.82) is 0 Å². The number of amides is 1. The maximum absolute atomic E-state index is 13.2. The largest absolute Gasteiger partial charge is 0.369 e. The summed E-state index contributed by atoms with van der Waals surface area (Å²) in [4.78, 5) is 18.2. The van der Waals surface area contributed by atoms with Gasteiger partial charge in [-0.15, -0.1) is 0 Å². The fourth-order valence-corrected chi connectivity index (χ4v) is 2.76. The van der Waals surface area contributed by atoms with Gasteiger partial charge in [-0.3, -0.25) is 4.79 Å². The molecule has 0 radical (unpaired) electrons. The summed E-state index contributed by atoms with van der Waals surface area (Å²) in [6.07, 6.45) is 4.10. The number of hydrogen-bond donors (Lipinski definition) is 1. The second kappa shape index (κ2) is 5.96. The van der Waals surface area contributed by atoms with Crippen LogP contribution in [0.5, 0.6) is 0 Å². The number of nitrogens with one attached hydrogen (secondary N) is 1. The molecular weight excluding hydrogens is 307 g/mol. The molecule has 2 aromatic rings. The Kier molecular flexibility index (Phi) is 4.02. The first-order valence-electron chi connectivity index (χ1n) is 7.02. The fourth-order valence-electron chi connectivity index (χ4n) is 2.58. The van der Waals surface area contributed by atoms with Crippen LogP contribution in [0.4, 0.5) is 10.1 Å². The molecule has 0 aliphatic carbocycles. The van der Waals surface area contributed by atoms with Crippen molar-refractivity contribution >= 4 is 23.2 Å². The van der Waals surface area contributed by atoms with Crippen molar-refractivity contribution in [3.63, 3.8) is 0 Å².